The zero-order valence-corrected chi connectivity index (χ0v) is 9.59. The number of aromatic nitrogens is 2. The van der Waals surface area contributed by atoms with Gasteiger partial charge in [-0.05, 0) is 12.8 Å². The average molecular weight is 237 g/mol. The second-order valence-electron chi connectivity index (χ2n) is 3.63. The fraction of sp³-hybridized carbons (Fsp3) is 0.364. The summed E-state index contributed by atoms with van der Waals surface area (Å²) in [7, 11) is 1.68. The van der Waals surface area contributed by atoms with Crippen LogP contribution < -0.4 is 5.32 Å². The van der Waals surface area contributed by atoms with E-state index in [4.69, 9.17) is 5.11 Å². The zero-order chi connectivity index (χ0) is 12.8. The lowest BCUT2D eigenvalue weighted by atomic mass is 10.1. The van der Waals surface area contributed by atoms with Gasteiger partial charge in [0.1, 0.15) is 6.04 Å². The predicted molar refractivity (Wildman–Crippen MR) is 61.5 cm³/mol. The molecule has 1 amide bonds. The van der Waals surface area contributed by atoms with Gasteiger partial charge in [0.2, 0.25) is 0 Å². The number of hydrogen-bond acceptors (Lipinski definition) is 3. The van der Waals surface area contributed by atoms with Crippen molar-refractivity contribution in [3.8, 4) is 0 Å². The first-order valence-electron chi connectivity index (χ1n) is 5.17. The molecule has 0 aromatic carbocycles. The molecule has 1 aromatic rings. The van der Waals surface area contributed by atoms with E-state index in [1.165, 1.54) is 17.1 Å². The highest BCUT2D eigenvalue weighted by Crippen LogP contribution is 2.02. The van der Waals surface area contributed by atoms with Crippen molar-refractivity contribution in [2.24, 2.45) is 7.05 Å². The molecule has 1 aromatic heterocycles. The molecule has 0 aliphatic carbocycles. The minimum absolute atomic E-state index is 0.324. The number of aryl methyl sites for hydroxylation is 1. The van der Waals surface area contributed by atoms with Crippen molar-refractivity contribution in [1.82, 2.24) is 15.1 Å². The summed E-state index contributed by atoms with van der Waals surface area (Å²) in [5, 5.41) is 15.2. The van der Waals surface area contributed by atoms with Crippen LogP contribution in [0.25, 0.3) is 0 Å². The molecule has 92 valence electrons. The molecule has 6 heteroatoms. The maximum atomic E-state index is 11.7. The largest absolute Gasteiger partial charge is 0.480 e. The Morgan fingerprint density at radius 3 is 2.88 bits per heavy atom. The maximum absolute atomic E-state index is 11.7. The number of nitrogens with zero attached hydrogens (tertiary/aromatic N) is 2. The first-order chi connectivity index (χ1) is 8.04. The Kier molecular flexibility index (Phi) is 4.45. The molecule has 17 heavy (non-hydrogen) atoms. The fourth-order valence-corrected chi connectivity index (χ4v) is 1.32. The Hall–Kier alpha value is -2.11. The Morgan fingerprint density at radius 2 is 2.41 bits per heavy atom. The van der Waals surface area contributed by atoms with E-state index in [2.05, 4.69) is 17.0 Å². The van der Waals surface area contributed by atoms with E-state index in [1.807, 2.05) is 0 Å². The first kappa shape index (κ1) is 13.0. The number of rotatable bonds is 6. The molecule has 0 saturated heterocycles. The number of aliphatic carboxylic acids is 1. The Bertz CT molecular complexity index is 425. The Labute approximate surface area is 98.9 Å². The number of carbonyl (C=O) groups excluding carboxylic acids is 1. The number of carboxylic acids is 1. The van der Waals surface area contributed by atoms with Crippen molar-refractivity contribution in [2.45, 2.75) is 18.9 Å². The summed E-state index contributed by atoms with van der Waals surface area (Å²) >= 11 is 0. The van der Waals surface area contributed by atoms with Gasteiger partial charge >= 0.3 is 5.97 Å². The van der Waals surface area contributed by atoms with E-state index in [9.17, 15) is 9.59 Å². The van der Waals surface area contributed by atoms with Gasteiger partial charge in [-0.25, -0.2) is 4.79 Å². The molecule has 2 N–H and O–H groups in total. The predicted octanol–water partition coefficient (Wildman–Crippen LogP) is 0.569. The third-order valence-electron chi connectivity index (χ3n) is 2.23. The molecule has 1 unspecified atom stereocenters. The third-order valence-corrected chi connectivity index (χ3v) is 2.23. The van der Waals surface area contributed by atoms with Gasteiger partial charge in [0.25, 0.3) is 5.91 Å². The minimum atomic E-state index is -1.05. The SMILES string of the molecule is C=CCCC(NC(=O)c1cnn(C)c1)C(=O)O. The van der Waals surface area contributed by atoms with E-state index in [-0.39, 0.29) is 0 Å². The summed E-state index contributed by atoms with van der Waals surface area (Å²) in [4.78, 5) is 22.6. The van der Waals surface area contributed by atoms with Gasteiger partial charge < -0.3 is 10.4 Å². The highest BCUT2D eigenvalue weighted by atomic mass is 16.4. The number of amides is 1. The van der Waals surface area contributed by atoms with Crippen LogP contribution in [0.3, 0.4) is 0 Å². The molecule has 0 aliphatic heterocycles. The van der Waals surface area contributed by atoms with Crippen molar-refractivity contribution < 1.29 is 14.7 Å². The second-order valence-corrected chi connectivity index (χ2v) is 3.63. The molecular formula is C11H15N3O3. The molecule has 0 radical (unpaired) electrons. The highest BCUT2D eigenvalue weighted by Gasteiger charge is 2.20. The number of nitrogens with one attached hydrogen (secondary N) is 1. The van der Waals surface area contributed by atoms with Gasteiger partial charge in [0, 0.05) is 13.2 Å². The van der Waals surface area contributed by atoms with Gasteiger partial charge in [0.15, 0.2) is 0 Å². The molecular weight excluding hydrogens is 222 g/mol. The molecule has 0 saturated carbocycles. The number of carbonyl (C=O) groups is 2. The number of carboxylic acid groups (broad SMARTS) is 1. The van der Waals surface area contributed by atoms with Crippen molar-refractivity contribution in [3.63, 3.8) is 0 Å². The third kappa shape index (κ3) is 3.75. The lowest BCUT2D eigenvalue weighted by molar-refractivity contribution is -0.139. The number of allylic oxidation sites excluding steroid dienone is 1. The smallest absolute Gasteiger partial charge is 0.326 e. The van der Waals surface area contributed by atoms with Crippen LogP contribution >= 0.6 is 0 Å². The van der Waals surface area contributed by atoms with E-state index < -0.39 is 17.9 Å². The van der Waals surface area contributed by atoms with Gasteiger partial charge in [-0.15, -0.1) is 6.58 Å². The highest BCUT2D eigenvalue weighted by molar-refractivity contribution is 5.96. The van der Waals surface area contributed by atoms with Gasteiger partial charge in [-0.2, -0.15) is 5.10 Å². The van der Waals surface area contributed by atoms with Crippen molar-refractivity contribution >= 4 is 11.9 Å². The lowest BCUT2D eigenvalue weighted by Crippen LogP contribution is -2.40. The van der Waals surface area contributed by atoms with Crippen LogP contribution in [0.2, 0.25) is 0 Å². The topological polar surface area (TPSA) is 84.2 Å². The normalized spacial score (nSPS) is 11.8. The zero-order valence-electron chi connectivity index (χ0n) is 9.59. The summed E-state index contributed by atoms with van der Waals surface area (Å²) in [6.07, 6.45) is 5.39. The van der Waals surface area contributed by atoms with Crippen LogP contribution in [-0.4, -0.2) is 32.8 Å². The summed E-state index contributed by atoms with van der Waals surface area (Å²) in [5.74, 6) is -1.49. The molecule has 6 nitrogen and oxygen atoms in total. The summed E-state index contributed by atoms with van der Waals surface area (Å²) in [5.41, 5.74) is 0.345. The number of hydrogen-bond donors (Lipinski definition) is 2. The Morgan fingerprint density at radius 1 is 1.71 bits per heavy atom. The summed E-state index contributed by atoms with van der Waals surface area (Å²) < 4.78 is 1.48. The first-order valence-corrected chi connectivity index (χ1v) is 5.17. The average Bonchev–Trinajstić information content (AvgIpc) is 2.70. The van der Waals surface area contributed by atoms with E-state index in [1.54, 1.807) is 13.1 Å². The maximum Gasteiger partial charge on any atom is 0.326 e. The van der Waals surface area contributed by atoms with Crippen LogP contribution in [-0.2, 0) is 11.8 Å². The van der Waals surface area contributed by atoms with Gasteiger partial charge in [0.05, 0.1) is 11.8 Å². The molecule has 0 spiro atoms. The van der Waals surface area contributed by atoms with Crippen LogP contribution in [0.4, 0.5) is 0 Å². The lowest BCUT2D eigenvalue weighted by Gasteiger charge is -2.12. The molecule has 0 fully saturated rings. The van der Waals surface area contributed by atoms with Crippen LogP contribution in [0.5, 0.6) is 0 Å². The minimum Gasteiger partial charge on any atom is -0.480 e. The van der Waals surface area contributed by atoms with Gasteiger partial charge in [-0.3, -0.25) is 9.48 Å². The standard InChI is InChI=1S/C11H15N3O3/c1-3-4-5-9(11(16)17)13-10(15)8-6-12-14(2)7-8/h3,6-7,9H,1,4-5H2,2H3,(H,13,15)(H,16,17). The molecule has 0 aliphatic rings. The molecule has 1 heterocycles. The summed E-state index contributed by atoms with van der Waals surface area (Å²) in [6.45, 7) is 3.51. The fourth-order valence-electron chi connectivity index (χ4n) is 1.32. The van der Waals surface area contributed by atoms with Crippen LogP contribution in [0.15, 0.2) is 25.0 Å². The monoisotopic (exact) mass is 237 g/mol. The molecule has 1 atom stereocenters. The van der Waals surface area contributed by atoms with Crippen LogP contribution in [0, 0.1) is 0 Å². The van der Waals surface area contributed by atoms with Gasteiger partial charge in [-0.1, -0.05) is 6.08 Å². The Balaban J connectivity index is 2.63. The van der Waals surface area contributed by atoms with Crippen molar-refractivity contribution in [3.05, 3.63) is 30.6 Å². The van der Waals surface area contributed by atoms with E-state index in [0.29, 0.717) is 18.4 Å². The molecule has 1 rings (SSSR count). The van der Waals surface area contributed by atoms with E-state index in [0.717, 1.165) is 0 Å². The summed E-state index contributed by atoms with van der Waals surface area (Å²) in [6, 6.07) is -0.902. The quantitative estimate of drug-likeness (QED) is 0.708. The second kappa shape index (κ2) is 5.83. The van der Waals surface area contributed by atoms with Crippen LogP contribution in [0.1, 0.15) is 23.2 Å². The van der Waals surface area contributed by atoms with Crippen molar-refractivity contribution in [1.29, 1.82) is 0 Å². The van der Waals surface area contributed by atoms with Crippen molar-refractivity contribution in [2.75, 3.05) is 0 Å². The van der Waals surface area contributed by atoms with E-state index >= 15 is 0 Å². The molecule has 0 bridgehead atoms.